The molecule has 0 amide bonds. The molecule has 3 aliphatic carbocycles. The van der Waals surface area contributed by atoms with Crippen LogP contribution < -0.4 is 5.22 Å². The maximum absolute atomic E-state index is 2.66. The number of benzene rings is 14. The fourth-order valence-electron chi connectivity index (χ4n) is 14.8. The van der Waals surface area contributed by atoms with Gasteiger partial charge in [-0.3, -0.25) is 0 Å². The Bertz CT molecular complexity index is 5000. The standard InChI is InChI=1S/C76H50/c1-5-21-55-45(17-1)37-67(63-29-13-9-25-59(55)63)49-33-53-34-50(68-38-46-18-2-6-22-56(46)60-26-10-14-30-64(60)68)43-73-74-44-52(70-40-48-20-4-8-24-58(48)62-28-12-16-32-66(62)70)36-54-35-51(42-72(76(54)74)71(41-49)75(53)73)69-39-47-19-3-7-23-57(47)61-27-11-15-31-65(61)69/h1-11,13-27,29-39,41-42,44,50,70H,12,28,40,43H2. The van der Waals surface area contributed by atoms with Gasteiger partial charge in [-0.15, -0.1) is 0 Å². The summed E-state index contributed by atoms with van der Waals surface area (Å²) in [6.45, 7) is 0. The van der Waals surface area contributed by atoms with Crippen molar-refractivity contribution in [1.29, 1.82) is 0 Å². The fourth-order valence-corrected chi connectivity index (χ4v) is 14.8. The summed E-state index contributed by atoms with van der Waals surface area (Å²) in [6, 6.07) is 86.3. The molecule has 354 valence electrons. The first-order chi connectivity index (χ1) is 37.7. The Kier molecular flexibility index (Phi) is 9.01. The second kappa shape index (κ2) is 16.2. The average Bonchev–Trinajstić information content (AvgIpc) is 3.68. The quantitative estimate of drug-likeness (QED) is 0.122. The highest BCUT2D eigenvalue weighted by atomic mass is 14.3. The Morgan fingerprint density at radius 1 is 0.355 bits per heavy atom. The molecule has 0 N–H and O–H groups in total. The van der Waals surface area contributed by atoms with Crippen LogP contribution in [0.25, 0.3) is 131 Å². The van der Waals surface area contributed by atoms with Crippen molar-refractivity contribution in [2.24, 2.45) is 0 Å². The molecule has 14 aromatic carbocycles. The van der Waals surface area contributed by atoms with Crippen LogP contribution >= 0.6 is 0 Å². The van der Waals surface area contributed by atoms with Gasteiger partial charge in [-0.25, -0.2) is 0 Å². The topological polar surface area (TPSA) is 0 Å². The molecule has 0 fully saturated rings. The molecule has 0 saturated heterocycles. The monoisotopic (exact) mass is 962 g/mol. The Labute approximate surface area is 441 Å². The van der Waals surface area contributed by atoms with Crippen molar-refractivity contribution in [3.63, 3.8) is 0 Å². The van der Waals surface area contributed by atoms with Crippen molar-refractivity contribution >= 4 is 109 Å². The van der Waals surface area contributed by atoms with Gasteiger partial charge < -0.3 is 0 Å². The van der Waals surface area contributed by atoms with Gasteiger partial charge in [0.05, 0.1) is 0 Å². The van der Waals surface area contributed by atoms with Crippen LogP contribution in [-0.4, -0.2) is 0 Å². The molecular formula is C76H50. The van der Waals surface area contributed by atoms with Crippen molar-refractivity contribution in [1.82, 2.24) is 0 Å². The number of allylic oxidation sites excluding steroid dienone is 4. The molecule has 0 heterocycles. The van der Waals surface area contributed by atoms with E-state index in [2.05, 4.69) is 243 Å². The molecule has 3 aliphatic rings. The zero-order valence-corrected chi connectivity index (χ0v) is 42.1. The summed E-state index contributed by atoms with van der Waals surface area (Å²) < 4.78 is 0. The molecule has 0 radical (unpaired) electrons. The smallest absolute Gasteiger partial charge is 0.0133 e. The normalized spacial score (nSPS) is 16.2. The summed E-state index contributed by atoms with van der Waals surface area (Å²) in [5.74, 6) is 0.394. The summed E-state index contributed by atoms with van der Waals surface area (Å²) in [4.78, 5) is 0. The van der Waals surface area contributed by atoms with E-state index in [1.54, 1.807) is 0 Å². The lowest BCUT2D eigenvalue weighted by atomic mass is 9.71. The summed E-state index contributed by atoms with van der Waals surface area (Å²) >= 11 is 0. The molecule has 0 nitrogen and oxygen atoms in total. The van der Waals surface area contributed by atoms with Gasteiger partial charge in [0, 0.05) is 11.8 Å². The van der Waals surface area contributed by atoms with Crippen LogP contribution in [0, 0.1) is 0 Å². The molecule has 0 spiro atoms. The largest absolute Gasteiger partial charge is 0.0839 e. The first kappa shape index (κ1) is 42.3. The van der Waals surface area contributed by atoms with Crippen LogP contribution in [0.15, 0.2) is 242 Å². The number of rotatable bonds is 4. The van der Waals surface area contributed by atoms with Gasteiger partial charge in [-0.1, -0.05) is 200 Å². The number of hydrogen-bond donors (Lipinski definition) is 0. The SMILES string of the molecule is C1=CC2=C(CC1)c1ccccc1CC2c1cc2cc(-c3cc4ccccc4c4ccccc34)cc3c4cc(-c5cc6ccccc6c6ccccc56)cc5c4c(c(c1)c23)CC(c1cc2ccccc2c2ccccc12)C=5. The van der Waals surface area contributed by atoms with Crippen LogP contribution in [0.3, 0.4) is 0 Å². The van der Waals surface area contributed by atoms with E-state index in [0.717, 1.165) is 25.7 Å². The van der Waals surface area contributed by atoms with Crippen molar-refractivity contribution in [2.45, 2.75) is 37.5 Å². The molecule has 2 unspecified atom stereocenters. The van der Waals surface area contributed by atoms with Crippen molar-refractivity contribution in [3.05, 3.63) is 275 Å². The number of hydrogen-bond acceptors (Lipinski definition) is 0. The van der Waals surface area contributed by atoms with Gasteiger partial charge >= 0.3 is 0 Å². The van der Waals surface area contributed by atoms with Crippen LogP contribution in [-0.2, 0) is 12.8 Å². The third-order valence-electron chi connectivity index (χ3n) is 18.1. The molecule has 0 aromatic heterocycles. The molecule has 0 aliphatic heterocycles. The summed E-state index contributed by atoms with van der Waals surface area (Å²) in [5.41, 5.74) is 15.3. The van der Waals surface area contributed by atoms with E-state index in [-0.39, 0.29) is 11.8 Å². The highest BCUT2D eigenvalue weighted by Gasteiger charge is 2.31. The Morgan fingerprint density at radius 2 is 0.895 bits per heavy atom. The molecule has 0 saturated carbocycles. The van der Waals surface area contributed by atoms with Crippen molar-refractivity contribution in [2.75, 3.05) is 0 Å². The van der Waals surface area contributed by atoms with E-state index < -0.39 is 0 Å². The average molecular weight is 963 g/mol. The van der Waals surface area contributed by atoms with Gasteiger partial charge in [-0.05, 0) is 232 Å². The maximum atomic E-state index is 2.66. The highest BCUT2D eigenvalue weighted by molar-refractivity contribution is 6.27. The van der Waals surface area contributed by atoms with Gasteiger partial charge in [-0.2, -0.15) is 0 Å². The lowest BCUT2D eigenvalue weighted by Crippen LogP contribution is -2.18. The first-order valence-electron chi connectivity index (χ1n) is 27.4. The van der Waals surface area contributed by atoms with Crippen molar-refractivity contribution < 1.29 is 0 Å². The zero-order valence-electron chi connectivity index (χ0n) is 42.1. The van der Waals surface area contributed by atoms with Gasteiger partial charge in [0.25, 0.3) is 0 Å². The summed E-state index contributed by atoms with van der Waals surface area (Å²) in [7, 11) is 0. The zero-order chi connectivity index (χ0) is 49.6. The summed E-state index contributed by atoms with van der Waals surface area (Å²) in [5, 5.41) is 25.0. The minimum Gasteiger partial charge on any atom is -0.0839 e. The third kappa shape index (κ3) is 6.19. The Morgan fingerprint density at radius 3 is 1.57 bits per heavy atom. The summed E-state index contributed by atoms with van der Waals surface area (Å²) in [6.07, 6.45) is 11.6. The molecule has 0 heteroatoms. The van der Waals surface area contributed by atoms with E-state index in [1.807, 2.05) is 0 Å². The minimum atomic E-state index is 0.147. The molecule has 0 bridgehead atoms. The van der Waals surface area contributed by atoms with E-state index in [4.69, 9.17) is 0 Å². The van der Waals surface area contributed by atoms with Crippen LogP contribution in [0.4, 0.5) is 0 Å². The lowest BCUT2D eigenvalue weighted by Gasteiger charge is -2.32. The van der Waals surface area contributed by atoms with Crippen LogP contribution in [0.5, 0.6) is 0 Å². The van der Waals surface area contributed by atoms with E-state index in [1.165, 1.54) is 163 Å². The molecule has 2 atom stereocenters. The minimum absolute atomic E-state index is 0.147. The molecule has 17 rings (SSSR count). The lowest BCUT2D eigenvalue weighted by molar-refractivity contribution is 0.774. The number of fused-ring (bicyclic) bond motifs is 13. The van der Waals surface area contributed by atoms with E-state index >= 15 is 0 Å². The predicted molar refractivity (Wildman–Crippen MR) is 326 cm³/mol. The predicted octanol–water partition coefficient (Wildman–Crippen LogP) is 19.7. The third-order valence-corrected chi connectivity index (χ3v) is 18.1. The van der Waals surface area contributed by atoms with Crippen LogP contribution in [0.2, 0.25) is 0 Å². The highest BCUT2D eigenvalue weighted by Crippen LogP contribution is 2.50. The van der Waals surface area contributed by atoms with Crippen molar-refractivity contribution in [3.8, 4) is 22.3 Å². The molecular weight excluding hydrogens is 913 g/mol. The second-order valence-corrected chi connectivity index (χ2v) is 22.0. The Hall–Kier alpha value is -9.10. The van der Waals surface area contributed by atoms with Gasteiger partial charge in [0.1, 0.15) is 0 Å². The second-order valence-electron chi connectivity index (χ2n) is 22.0. The fraction of sp³-hybridized carbons (Fsp3) is 0.0789. The first-order valence-corrected chi connectivity index (χ1v) is 27.4. The Balaban J connectivity index is 1.02. The van der Waals surface area contributed by atoms with E-state index in [0.29, 0.717) is 0 Å². The van der Waals surface area contributed by atoms with Gasteiger partial charge in [0.2, 0.25) is 0 Å². The van der Waals surface area contributed by atoms with Gasteiger partial charge in [0.15, 0.2) is 0 Å². The van der Waals surface area contributed by atoms with Crippen LogP contribution in [0.1, 0.15) is 52.5 Å². The molecule has 14 aromatic rings. The molecule has 76 heavy (non-hydrogen) atoms. The van der Waals surface area contributed by atoms with E-state index in [9.17, 15) is 0 Å². The maximum Gasteiger partial charge on any atom is 0.0133 e.